The molecule has 0 aromatic carbocycles. The van der Waals surface area contributed by atoms with Crippen LogP contribution >= 0.6 is 0 Å². The Balaban J connectivity index is 1.99. The summed E-state index contributed by atoms with van der Waals surface area (Å²) >= 11 is 0. The highest BCUT2D eigenvalue weighted by Crippen LogP contribution is 2.73. The Morgan fingerprint density at radius 2 is 1.79 bits per heavy atom. The van der Waals surface area contributed by atoms with Gasteiger partial charge in [-0.05, 0) is 61.7 Å². The molecule has 3 aliphatic rings. The molecular weight excluding hydrogens is 236 g/mol. The molecular formula is C17H28O2. The summed E-state index contributed by atoms with van der Waals surface area (Å²) in [5.41, 5.74) is 0.629. The van der Waals surface area contributed by atoms with E-state index >= 15 is 0 Å². The van der Waals surface area contributed by atoms with E-state index in [1.54, 1.807) is 6.92 Å². The largest absolute Gasteiger partial charge is 0.459 e. The first-order valence-corrected chi connectivity index (χ1v) is 7.92. The zero-order valence-electron chi connectivity index (χ0n) is 13.1. The Labute approximate surface area is 117 Å². The number of ether oxygens (including phenoxy) is 1. The molecule has 19 heavy (non-hydrogen) atoms. The van der Waals surface area contributed by atoms with Crippen molar-refractivity contribution < 1.29 is 9.53 Å². The first-order chi connectivity index (χ1) is 8.72. The first kappa shape index (κ1) is 13.5. The molecule has 3 fully saturated rings. The molecule has 0 amide bonds. The van der Waals surface area contributed by atoms with Crippen molar-refractivity contribution in [3.05, 3.63) is 0 Å². The SMILES string of the molecule is CC(=O)OC1(C)CC[C@@]23C[C@@H]1C(C)(C)[C@@H]2CC[C@H]3C. The zero-order valence-corrected chi connectivity index (χ0v) is 13.1. The van der Waals surface area contributed by atoms with Crippen LogP contribution in [0.3, 0.4) is 0 Å². The van der Waals surface area contributed by atoms with E-state index in [9.17, 15) is 4.79 Å². The highest BCUT2D eigenvalue weighted by molar-refractivity contribution is 5.66. The maximum Gasteiger partial charge on any atom is 0.303 e. The Hall–Kier alpha value is -0.530. The van der Waals surface area contributed by atoms with Crippen molar-refractivity contribution in [2.75, 3.05) is 0 Å². The van der Waals surface area contributed by atoms with Crippen LogP contribution in [0, 0.1) is 28.6 Å². The van der Waals surface area contributed by atoms with Crippen molar-refractivity contribution in [2.24, 2.45) is 28.6 Å². The quantitative estimate of drug-likeness (QED) is 0.664. The molecule has 3 saturated carbocycles. The van der Waals surface area contributed by atoms with Crippen LogP contribution in [0.4, 0.5) is 0 Å². The van der Waals surface area contributed by atoms with Crippen molar-refractivity contribution in [3.63, 3.8) is 0 Å². The maximum absolute atomic E-state index is 11.5. The van der Waals surface area contributed by atoms with Crippen LogP contribution in [0.5, 0.6) is 0 Å². The average Bonchev–Trinajstić information content (AvgIpc) is 2.69. The molecule has 0 aromatic heterocycles. The van der Waals surface area contributed by atoms with E-state index in [1.165, 1.54) is 25.7 Å². The Bertz CT molecular complexity index is 413. The summed E-state index contributed by atoms with van der Waals surface area (Å²) in [6, 6.07) is 0. The summed E-state index contributed by atoms with van der Waals surface area (Å²) in [7, 11) is 0. The summed E-state index contributed by atoms with van der Waals surface area (Å²) < 4.78 is 5.80. The van der Waals surface area contributed by atoms with Gasteiger partial charge in [-0.2, -0.15) is 0 Å². The number of hydrogen-bond acceptors (Lipinski definition) is 2. The monoisotopic (exact) mass is 264 g/mol. The molecule has 1 unspecified atom stereocenters. The fraction of sp³-hybridized carbons (Fsp3) is 0.941. The zero-order chi connectivity index (χ0) is 14.1. The smallest absolute Gasteiger partial charge is 0.303 e. The molecule has 3 aliphatic carbocycles. The third-order valence-corrected chi connectivity index (χ3v) is 7.15. The average molecular weight is 264 g/mol. The molecule has 0 aromatic rings. The topological polar surface area (TPSA) is 26.3 Å². The van der Waals surface area contributed by atoms with Gasteiger partial charge < -0.3 is 4.74 Å². The summed E-state index contributed by atoms with van der Waals surface area (Å²) in [6.45, 7) is 11.0. The van der Waals surface area contributed by atoms with Gasteiger partial charge in [-0.25, -0.2) is 0 Å². The highest BCUT2D eigenvalue weighted by Gasteiger charge is 2.68. The minimum atomic E-state index is -0.232. The lowest BCUT2D eigenvalue weighted by atomic mass is 9.64. The number of esters is 1. The van der Waals surface area contributed by atoms with Gasteiger partial charge in [0.05, 0.1) is 0 Å². The molecule has 5 atom stereocenters. The molecule has 0 heterocycles. The molecule has 0 saturated heterocycles. The standard InChI is InChI=1S/C17H28O2/c1-11-6-7-13-15(3,4)14-10-17(11,13)9-8-16(14,5)19-12(2)18/h11,13-14H,6-10H2,1-5H3/t11-,13+,14-,16?,17+/m1/s1. The fourth-order valence-corrected chi connectivity index (χ4v) is 6.31. The Kier molecular flexibility index (Phi) is 2.67. The maximum atomic E-state index is 11.5. The summed E-state index contributed by atoms with van der Waals surface area (Å²) in [5.74, 6) is 2.10. The van der Waals surface area contributed by atoms with Crippen LogP contribution in [0.2, 0.25) is 0 Å². The van der Waals surface area contributed by atoms with E-state index < -0.39 is 0 Å². The van der Waals surface area contributed by atoms with Gasteiger partial charge in [-0.15, -0.1) is 0 Å². The molecule has 0 radical (unpaired) electrons. The number of fused-ring (bicyclic) bond motifs is 1. The summed E-state index contributed by atoms with van der Waals surface area (Å²) in [4.78, 5) is 11.5. The van der Waals surface area contributed by atoms with Gasteiger partial charge >= 0.3 is 5.97 Å². The van der Waals surface area contributed by atoms with Crippen molar-refractivity contribution in [2.45, 2.75) is 72.3 Å². The van der Waals surface area contributed by atoms with Gasteiger partial charge in [-0.1, -0.05) is 20.8 Å². The molecule has 2 bridgehead atoms. The molecule has 1 spiro atoms. The molecule has 3 rings (SSSR count). The fourth-order valence-electron chi connectivity index (χ4n) is 6.31. The van der Waals surface area contributed by atoms with Gasteiger partial charge in [-0.3, -0.25) is 4.79 Å². The van der Waals surface area contributed by atoms with Crippen molar-refractivity contribution in [1.29, 1.82) is 0 Å². The molecule has 0 N–H and O–H groups in total. The highest BCUT2D eigenvalue weighted by atomic mass is 16.6. The Morgan fingerprint density at radius 3 is 2.42 bits per heavy atom. The van der Waals surface area contributed by atoms with E-state index in [4.69, 9.17) is 4.74 Å². The van der Waals surface area contributed by atoms with Crippen LogP contribution in [0.1, 0.15) is 66.7 Å². The van der Waals surface area contributed by atoms with E-state index in [2.05, 4.69) is 27.7 Å². The number of carbonyl (C=O) groups excluding carboxylic acids is 1. The first-order valence-electron chi connectivity index (χ1n) is 7.92. The minimum absolute atomic E-state index is 0.112. The molecule has 2 heteroatoms. The van der Waals surface area contributed by atoms with Gasteiger partial charge in [0.25, 0.3) is 0 Å². The predicted molar refractivity (Wildman–Crippen MR) is 75.6 cm³/mol. The second kappa shape index (κ2) is 3.77. The summed E-state index contributed by atoms with van der Waals surface area (Å²) in [6.07, 6.45) is 6.35. The number of hydrogen-bond donors (Lipinski definition) is 0. The van der Waals surface area contributed by atoms with Crippen molar-refractivity contribution in [1.82, 2.24) is 0 Å². The second-order valence-corrected chi connectivity index (χ2v) is 8.25. The molecule has 2 nitrogen and oxygen atoms in total. The lowest BCUT2D eigenvalue weighted by Crippen LogP contribution is -2.47. The van der Waals surface area contributed by atoms with Gasteiger partial charge in [0.1, 0.15) is 5.60 Å². The third kappa shape index (κ3) is 1.58. The molecule has 0 aliphatic heterocycles. The lowest BCUT2D eigenvalue weighted by Gasteiger charge is -2.46. The second-order valence-electron chi connectivity index (χ2n) is 8.25. The van der Waals surface area contributed by atoms with Crippen LogP contribution in [0.25, 0.3) is 0 Å². The van der Waals surface area contributed by atoms with Crippen molar-refractivity contribution in [3.8, 4) is 0 Å². The third-order valence-electron chi connectivity index (χ3n) is 7.15. The van der Waals surface area contributed by atoms with Crippen LogP contribution < -0.4 is 0 Å². The van der Waals surface area contributed by atoms with Gasteiger partial charge in [0.15, 0.2) is 0 Å². The van der Waals surface area contributed by atoms with E-state index in [1.807, 2.05) is 0 Å². The number of rotatable bonds is 1. The van der Waals surface area contributed by atoms with Crippen LogP contribution in [0.15, 0.2) is 0 Å². The van der Waals surface area contributed by atoms with Gasteiger partial charge in [0, 0.05) is 12.8 Å². The van der Waals surface area contributed by atoms with E-state index in [0.717, 1.165) is 18.3 Å². The van der Waals surface area contributed by atoms with E-state index in [-0.39, 0.29) is 11.6 Å². The summed E-state index contributed by atoms with van der Waals surface area (Å²) in [5, 5.41) is 0. The van der Waals surface area contributed by atoms with Crippen LogP contribution in [-0.2, 0) is 9.53 Å². The normalized spacial score (nSPS) is 50.9. The van der Waals surface area contributed by atoms with E-state index in [0.29, 0.717) is 16.7 Å². The Morgan fingerprint density at radius 1 is 1.11 bits per heavy atom. The van der Waals surface area contributed by atoms with Crippen molar-refractivity contribution >= 4 is 5.97 Å². The predicted octanol–water partition coefficient (Wildman–Crippen LogP) is 4.18. The minimum Gasteiger partial charge on any atom is -0.459 e. The van der Waals surface area contributed by atoms with Gasteiger partial charge in [0.2, 0.25) is 0 Å². The lowest BCUT2D eigenvalue weighted by molar-refractivity contribution is -0.171. The molecule has 108 valence electrons. The number of carbonyl (C=O) groups is 1. The van der Waals surface area contributed by atoms with Crippen LogP contribution in [-0.4, -0.2) is 11.6 Å².